The van der Waals surface area contributed by atoms with E-state index in [4.69, 9.17) is 32.9 Å². The van der Waals surface area contributed by atoms with E-state index in [-0.39, 0.29) is 5.92 Å². The molecule has 32 heavy (non-hydrogen) atoms. The molecule has 0 N–H and O–H groups in total. The largest absolute Gasteiger partial charge is 0.494 e. The van der Waals surface area contributed by atoms with Crippen molar-refractivity contribution in [3.05, 3.63) is 82.4 Å². The summed E-state index contributed by atoms with van der Waals surface area (Å²) in [5, 5.41) is 0.993. The van der Waals surface area contributed by atoms with Gasteiger partial charge in [0.1, 0.15) is 17.1 Å². The molecule has 6 heteroatoms. The quantitative estimate of drug-likeness (QED) is 0.307. The van der Waals surface area contributed by atoms with Crippen molar-refractivity contribution >= 4 is 34.2 Å². The maximum Gasteiger partial charge on any atom is 0.146 e. The van der Waals surface area contributed by atoms with E-state index in [1.54, 1.807) is 19.5 Å². The van der Waals surface area contributed by atoms with Crippen molar-refractivity contribution in [3.8, 4) is 11.4 Å². The van der Waals surface area contributed by atoms with Crippen LogP contribution in [0.25, 0.3) is 16.7 Å². The number of rotatable bonds is 5. The number of hydrogen-bond donors (Lipinski definition) is 0. The van der Waals surface area contributed by atoms with Crippen LogP contribution in [0.4, 0.5) is 0 Å². The summed E-state index contributed by atoms with van der Waals surface area (Å²) in [6.07, 6.45) is 9.41. The lowest BCUT2D eigenvalue weighted by atomic mass is 9.76. The van der Waals surface area contributed by atoms with E-state index in [0.29, 0.717) is 21.7 Å². The maximum atomic E-state index is 6.68. The lowest BCUT2D eigenvalue weighted by molar-refractivity contribution is 0.320. The van der Waals surface area contributed by atoms with Crippen LogP contribution in [0.15, 0.2) is 60.9 Å². The van der Waals surface area contributed by atoms with Gasteiger partial charge in [-0.3, -0.25) is 9.55 Å². The summed E-state index contributed by atoms with van der Waals surface area (Å²) in [6, 6.07) is 16.6. The van der Waals surface area contributed by atoms with Gasteiger partial charge in [0.25, 0.3) is 0 Å². The molecule has 0 unspecified atom stereocenters. The molecule has 1 aliphatic rings. The van der Waals surface area contributed by atoms with Crippen LogP contribution < -0.4 is 4.74 Å². The smallest absolute Gasteiger partial charge is 0.146 e. The zero-order valence-corrected chi connectivity index (χ0v) is 19.5. The van der Waals surface area contributed by atoms with Crippen molar-refractivity contribution in [1.29, 1.82) is 0 Å². The first-order chi connectivity index (χ1) is 15.7. The van der Waals surface area contributed by atoms with Crippen LogP contribution >= 0.6 is 23.2 Å². The van der Waals surface area contributed by atoms with Crippen molar-refractivity contribution in [1.82, 2.24) is 14.5 Å². The van der Waals surface area contributed by atoms with Gasteiger partial charge in [0.2, 0.25) is 0 Å². The molecule has 1 atom stereocenters. The van der Waals surface area contributed by atoms with Crippen molar-refractivity contribution in [2.75, 3.05) is 7.11 Å². The number of fused-ring (bicyclic) bond motifs is 1. The molecule has 1 fully saturated rings. The Morgan fingerprint density at radius 3 is 2.34 bits per heavy atom. The maximum absolute atomic E-state index is 6.68. The average Bonchev–Trinajstić information content (AvgIpc) is 3.19. The minimum Gasteiger partial charge on any atom is -0.494 e. The number of hydrogen-bond acceptors (Lipinski definition) is 3. The Kier molecular flexibility index (Phi) is 6.07. The van der Waals surface area contributed by atoms with E-state index < -0.39 is 0 Å². The second-order valence-corrected chi connectivity index (χ2v) is 9.19. The summed E-state index contributed by atoms with van der Waals surface area (Å²) in [5.74, 6) is 2.29. The Balaban J connectivity index is 1.83. The number of aromatic nitrogens is 3. The summed E-state index contributed by atoms with van der Waals surface area (Å²) in [6.45, 7) is 0. The van der Waals surface area contributed by atoms with E-state index in [0.717, 1.165) is 22.6 Å². The molecular weight excluding hydrogens is 441 g/mol. The molecule has 0 aliphatic heterocycles. The summed E-state index contributed by atoms with van der Waals surface area (Å²) in [4.78, 5) is 9.36. The van der Waals surface area contributed by atoms with E-state index in [2.05, 4.69) is 39.9 Å². The first-order valence-corrected chi connectivity index (χ1v) is 11.8. The second kappa shape index (κ2) is 9.13. The molecule has 2 aromatic heterocycles. The third kappa shape index (κ3) is 3.76. The van der Waals surface area contributed by atoms with Crippen molar-refractivity contribution in [2.45, 2.75) is 38.0 Å². The number of pyridine rings is 1. The van der Waals surface area contributed by atoms with Crippen LogP contribution in [0, 0.1) is 5.92 Å². The van der Waals surface area contributed by atoms with Crippen molar-refractivity contribution in [2.24, 2.45) is 5.92 Å². The molecule has 0 amide bonds. The zero-order valence-electron chi connectivity index (χ0n) is 18.0. The van der Waals surface area contributed by atoms with Gasteiger partial charge >= 0.3 is 0 Å². The second-order valence-electron chi connectivity index (χ2n) is 8.37. The first kappa shape index (κ1) is 21.3. The normalized spacial score (nSPS) is 15.7. The Morgan fingerprint density at radius 1 is 0.938 bits per heavy atom. The summed E-state index contributed by atoms with van der Waals surface area (Å²) in [7, 11) is 1.68. The number of imidazole rings is 1. The molecule has 0 spiro atoms. The lowest BCUT2D eigenvalue weighted by Gasteiger charge is -2.31. The monoisotopic (exact) mass is 465 g/mol. The lowest BCUT2D eigenvalue weighted by Crippen LogP contribution is -2.21. The van der Waals surface area contributed by atoms with E-state index in [1.165, 1.54) is 37.7 Å². The van der Waals surface area contributed by atoms with E-state index in [1.807, 2.05) is 18.2 Å². The van der Waals surface area contributed by atoms with Crippen molar-refractivity contribution in [3.63, 3.8) is 0 Å². The van der Waals surface area contributed by atoms with E-state index >= 15 is 0 Å². The highest BCUT2D eigenvalue weighted by atomic mass is 35.5. The summed E-state index contributed by atoms with van der Waals surface area (Å²) in [5.41, 5.74) is 3.71. The standard InChI is InChI=1S/C26H25Cl2N3O/c1-32-22-14-8-13-21-24(22)30-26(31(21)25-19(27)15-29-16-20(25)28)23(17-9-4-2-5-10-17)18-11-6-3-7-12-18/h2,4-5,8-10,13-16,18,23H,3,6-7,11-12H2,1H3/t23-/m1/s1. The Bertz CT molecular complexity index is 1210. The fourth-order valence-electron chi connectivity index (χ4n) is 5.08. The summed E-state index contributed by atoms with van der Waals surface area (Å²) >= 11 is 13.4. The third-order valence-electron chi connectivity index (χ3n) is 6.50. The fraction of sp³-hybridized carbons (Fsp3) is 0.308. The predicted molar refractivity (Wildman–Crippen MR) is 130 cm³/mol. The number of para-hydroxylation sites is 1. The average molecular weight is 466 g/mol. The van der Waals surface area contributed by atoms with Crippen LogP contribution in [0.2, 0.25) is 10.0 Å². The van der Waals surface area contributed by atoms with E-state index in [9.17, 15) is 0 Å². The molecule has 4 aromatic rings. The fourth-order valence-corrected chi connectivity index (χ4v) is 5.61. The van der Waals surface area contributed by atoms with Gasteiger partial charge in [-0.25, -0.2) is 4.98 Å². The van der Waals surface area contributed by atoms with Crippen LogP contribution in [-0.2, 0) is 0 Å². The van der Waals surface area contributed by atoms with Gasteiger partial charge in [-0.1, -0.05) is 78.9 Å². The third-order valence-corrected chi connectivity index (χ3v) is 7.06. The molecule has 4 nitrogen and oxygen atoms in total. The number of nitrogens with zero attached hydrogens (tertiary/aromatic N) is 3. The van der Waals surface area contributed by atoms with Gasteiger partial charge in [0, 0.05) is 18.3 Å². The molecule has 2 heterocycles. The highest BCUT2D eigenvalue weighted by Gasteiger charge is 2.32. The molecular formula is C26H25Cl2N3O. The van der Waals surface area contributed by atoms with Crippen molar-refractivity contribution < 1.29 is 4.74 Å². The summed E-state index contributed by atoms with van der Waals surface area (Å²) < 4.78 is 7.79. The molecule has 5 rings (SSSR count). The number of benzene rings is 2. The molecule has 1 aliphatic carbocycles. The molecule has 2 aromatic carbocycles. The van der Waals surface area contributed by atoms with Gasteiger partial charge in [-0.2, -0.15) is 0 Å². The molecule has 164 valence electrons. The Hall–Kier alpha value is -2.56. The highest BCUT2D eigenvalue weighted by molar-refractivity contribution is 6.37. The minimum absolute atomic E-state index is 0.119. The van der Waals surface area contributed by atoms with Gasteiger partial charge in [-0.15, -0.1) is 0 Å². The first-order valence-electron chi connectivity index (χ1n) is 11.1. The number of halogens is 2. The van der Waals surface area contributed by atoms with Gasteiger partial charge in [-0.05, 0) is 36.5 Å². The molecule has 0 bridgehead atoms. The zero-order chi connectivity index (χ0) is 22.1. The van der Waals surface area contributed by atoms with Crippen LogP contribution in [0.3, 0.4) is 0 Å². The van der Waals surface area contributed by atoms with Crippen LogP contribution in [0.5, 0.6) is 5.75 Å². The molecule has 0 saturated heterocycles. The van der Waals surface area contributed by atoms with Gasteiger partial charge < -0.3 is 4.74 Å². The minimum atomic E-state index is 0.119. The highest BCUT2D eigenvalue weighted by Crippen LogP contribution is 2.44. The topological polar surface area (TPSA) is 39.9 Å². The Morgan fingerprint density at radius 2 is 1.66 bits per heavy atom. The predicted octanol–water partition coefficient (Wildman–Crippen LogP) is 7.45. The number of methoxy groups -OCH3 is 1. The van der Waals surface area contributed by atoms with Crippen LogP contribution in [0.1, 0.15) is 49.4 Å². The molecule has 1 saturated carbocycles. The number of ether oxygens (including phenoxy) is 1. The van der Waals surface area contributed by atoms with Gasteiger partial charge in [0.15, 0.2) is 0 Å². The Labute approximate surface area is 198 Å². The van der Waals surface area contributed by atoms with Gasteiger partial charge in [0.05, 0.1) is 28.4 Å². The molecule has 0 radical (unpaired) electrons. The van der Waals surface area contributed by atoms with Crippen LogP contribution in [-0.4, -0.2) is 21.6 Å². The SMILES string of the molecule is COc1cccc2c1nc([C@H](c1ccccc1)C1CCCCC1)n2-c1c(Cl)cncc1Cl.